The van der Waals surface area contributed by atoms with E-state index in [-0.39, 0.29) is 23.4 Å². The Balaban J connectivity index is 1.90. The minimum Gasteiger partial charge on any atom is -0.376 e. The summed E-state index contributed by atoms with van der Waals surface area (Å²) in [7, 11) is 0. The van der Waals surface area contributed by atoms with Gasteiger partial charge in [0.2, 0.25) is 5.91 Å². The molecule has 0 spiro atoms. The van der Waals surface area contributed by atoms with E-state index < -0.39 is 0 Å². The second-order valence-electron chi connectivity index (χ2n) is 9.24. The van der Waals surface area contributed by atoms with Crippen molar-refractivity contribution >= 4 is 5.91 Å². The second-order valence-corrected chi connectivity index (χ2v) is 9.24. The molecule has 2 atom stereocenters. The molecular formula is C20H38N2O2. The average Bonchev–Trinajstić information content (AvgIpc) is 2.52. The van der Waals surface area contributed by atoms with Crippen molar-refractivity contribution in [1.29, 1.82) is 0 Å². The van der Waals surface area contributed by atoms with Crippen LogP contribution in [0.5, 0.6) is 0 Å². The first-order valence-electron chi connectivity index (χ1n) is 9.88. The fourth-order valence-electron chi connectivity index (χ4n) is 4.14. The maximum atomic E-state index is 12.8. The van der Waals surface area contributed by atoms with Gasteiger partial charge in [0.15, 0.2) is 0 Å². The molecule has 0 aromatic carbocycles. The van der Waals surface area contributed by atoms with Crippen LogP contribution in [0.1, 0.15) is 73.1 Å². The van der Waals surface area contributed by atoms with Crippen molar-refractivity contribution in [2.24, 2.45) is 23.0 Å². The molecule has 0 aromatic rings. The van der Waals surface area contributed by atoms with Gasteiger partial charge in [-0.3, -0.25) is 4.79 Å². The number of carbonyl (C=O) groups excluding carboxylic acids is 1. The van der Waals surface area contributed by atoms with E-state index in [4.69, 9.17) is 10.5 Å². The van der Waals surface area contributed by atoms with Gasteiger partial charge in [-0.1, -0.05) is 34.6 Å². The van der Waals surface area contributed by atoms with Crippen LogP contribution >= 0.6 is 0 Å². The highest BCUT2D eigenvalue weighted by molar-refractivity contribution is 5.82. The summed E-state index contributed by atoms with van der Waals surface area (Å²) in [4.78, 5) is 14.8. The molecule has 1 heterocycles. The molecule has 4 nitrogen and oxygen atoms in total. The summed E-state index contributed by atoms with van der Waals surface area (Å²) in [6.07, 6.45) is 7.17. The molecule has 0 radical (unpaired) electrons. The highest BCUT2D eigenvalue weighted by atomic mass is 16.5. The molecule has 1 aliphatic carbocycles. The minimum absolute atomic E-state index is 0.0355. The quantitative estimate of drug-likeness (QED) is 0.852. The van der Waals surface area contributed by atoms with Gasteiger partial charge in [0.05, 0.1) is 18.8 Å². The molecular weight excluding hydrogens is 300 g/mol. The van der Waals surface area contributed by atoms with Crippen molar-refractivity contribution in [3.8, 4) is 0 Å². The van der Waals surface area contributed by atoms with E-state index in [9.17, 15) is 4.79 Å². The zero-order valence-electron chi connectivity index (χ0n) is 16.4. The Labute approximate surface area is 148 Å². The summed E-state index contributed by atoms with van der Waals surface area (Å²) >= 11 is 0. The lowest BCUT2D eigenvalue weighted by Crippen LogP contribution is -2.58. The molecule has 2 N–H and O–H groups in total. The SMILES string of the molecule is CC(C)C1CCC(OCC2C(N)CCCN2C(=O)C(C)(C)C)CC1. The van der Waals surface area contributed by atoms with Crippen LogP contribution in [0.15, 0.2) is 0 Å². The van der Waals surface area contributed by atoms with Gasteiger partial charge in [-0.05, 0) is 50.4 Å². The molecule has 1 amide bonds. The lowest BCUT2D eigenvalue weighted by atomic mass is 9.80. The Bertz CT molecular complexity index is 408. The minimum atomic E-state index is -0.357. The maximum absolute atomic E-state index is 12.8. The van der Waals surface area contributed by atoms with Crippen molar-refractivity contribution in [3.05, 3.63) is 0 Å². The largest absolute Gasteiger partial charge is 0.376 e. The summed E-state index contributed by atoms with van der Waals surface area (Å²) < 4.78 is 6.24. The van der Waals surface area contributed by atoms with E-state index in [0.717, 1.165) is 44.1 Å². The van der Waals surface area contributed by atoms with Gasteiger partial charge >= 0.3 is 0 Å². The van der Waals surface area contributed by atoms with E-state index in [0.29, 0.717) is 12.7 Å². The number of carbonyl (C=O) groups is 1. The van der Waals surface area contributed by atoms with Crippen LogP contribution in [0, 0.1) is 17.3 Å². The number of nitrogens with two attached hydrogens (primary N) is 1. The van der Waals surface area contributed by atoms with Crippen LogP contribution < -0.4 is 5.73 Å². The van der Waals surface area contributed by atoms with Crippen LogP contribution in [0.3, 0.4) is 0 Å². The smallest absolute Gasteiger partial charge is 0.228 e. The average molecular weight is 339 g/mol. The van der Waals surface area contributed by atoms with Gasteiger partial charge in [0, 0.05) is 18.0 Å². The number of nitrogens with zero attached hydrogens (tertiary/aromatic N) is 1. The molecule has 1 saturated carbocycles. The Hall–Kier alpha value is -0.610. The van der Waals surface area contributed by atoms with Gasteiger partial charge < -0.3 is 15.4 Å². The highest BCUT2D eigenvalue weighted by Gasteiger charge is 2.37. The molecule has 140 valence electrons. The van der Waals surface area contributed by atoms with Crippen LogP contribution in [0.4, 0.5) is 0 Å². The number of piperidine rings is 1. The predicted molar refractivity (Wildman–Crippen MR) is 98.7 cm³/mol. The number of hydrogen-bond acceptors (Lipinski definition) is 3. The molecule has 2 rings (SSSR count). The zero-order valence-corrected chi connectivity index (χ0v) is 16.4. The monoisotopic (exact) mass is 338 g/mol. The third-order valence-corrected chi connectivity index (χ3v) is 5.90. The van der Waals surface area contributed by atoms with Crippen molar-refractivity contribution < 1.29 is 9.53 Å². The first-order chi connectivity index (χ1) is 11.2. The van der Waals surface area contributed by atoms with E-state index in [1.165, 1.54) is 12.8 Å². The topological polar surface area (TPSA) is 55.6 Å². The van der Waals surface area contributed by atoms with E-state index >= 15 is 0 Å². The summed E-state index contributed by atoms with van der Waals surface area (Å²) in [6.45, 7) is 12.0. The van der Waals surface area contributed by atoms with Crippen LogP contribution in [0.2, 0.25) is 0 Å². The molecule has 24 heavy (non-hydrogen) atoms. The number of hydrogen-bond donors (Lipinski definition) is 1. The Morgan fingerprint density at radius 2 is 1.79 bits per heavy atom. The highest BCUT2D eigenvalue weighted by Crippen LogP contribution is 2.32. The Morgan fingerprint density at radius 1 is 1.17 bits per heavy atom. The summed E-state index contributed by atoms with van der Waals surface area (Å²) in [5.41, 5.74) is 6.00. The van der Waals surface area contributed by atoms with Gasteiger partial charge in [0.1, 0.15) is 0 Å². The molecule has 2 aliphatic rings. The van der Waals surface area contributed by atoms with Gasteiger partial charge in [-0.2, -0.15) is 0 Å². The normalized spacial score (nSPS) is 32.2. The third-order valence-electron chi connectivity index (χ3n) is 5.90. The molecule has 4 heteroatoms. The van der Waals surface area contributed by atoms with Gasteiger partial charge in [0.25, 0.3) is 0 Å². The second kappa shape index (κ2) is 8.18. The van der Waals surface area contributed by atoms with Crippen molar-refractivity contribution in [2.75, 3.05) is 13.2 Å². The van der Waals surface area contributed by atoms with Crippen molar-refractivity contribution in [2.45, 2.75) is 91.3 Å². The molecule has 2 unspecified atom stereocenters. The molecule has 0 bridgehead atoms. The fourth-order valence-corrected chi connectivity index (χ4v) is 4.14. The summed E-state index contributed by atoms with van der Waals surface area (Å²) in [6, 6.07) is 0.0744. The molecule has 2 fully saturated rings. The third kappa shape index (κ3) is 4.95. The molecule has 1 saturated heterocycles. The fraction of sp³-hybridized carbons (Fsp3) is 0.950. The zero-order chi connectivity index (χ0) is 17.9. The Morgan fingerprint density at radius 3 is 2.33 bits per heavy atom. The number of likely N-dealkylation sites (tertiary alicyclic amines) is 1. The van der Waals surface area contributed by atoms with E-state index in [2.05, 4.69) is 13.8 Å². The van der Waals surface area contributed by atoms with E-state index in [1.807, 2.05) is 25.7 Å². The van der Waals surface area contributed by atoms with Gasteiger partial charge in [-0.15, -0.1) is 0 Å². The predicted octanol–water partition coefficient (Wildman–Crippen LogP) is 3.58. The van der Waals surface area contributed by atoms with Crippen molar-refractivity contribution in [3.63, 3.8) is 0 Å². The first kappa shape index (κ1) is 19.7. The van der Waals surface area contributed by atoms with E-state index in [1.54, 1.807) is 0 Å². The number of rotatable bonds is 4. The lowest BCUT2D eigenvalue weighted by Gasteiger charge is -2.43. The van der Waals surface area contributed by atoms with Crippen LogP contribution in [-0.2, 0) is 9.53 Å². The first-order valence-corrected chi connectivity index (χ1v) is 9.88. The molecule has 1 aliphatic heterocycles. The van der Waals surface area contributed by atoms with Crippen LogP contribution in [-0.4, -0.2) is 42.1 Å². The summed E-state index contributed by atoms with van der Waals surface area (Å²) in [5, 5.41) is 0. The van der Waals surface area contributed by atoms with Crippen LogP contribution in [0.25, 0.3) is 0 Å². The summed E-state index contributed by atoms with van der Waals surface area (Å²) in [5.74, 6) is 1.83. The molecule has 0 aromatic heterocycles. The number of ether oxygens (including phenoxy) is 1. The standard InChI is InChI=1S/C20H38N2O2/c1-14(2)15-8-10-16(11-9-15)24-13-18-17(21)7-6-12-22(18)19(23)20(3,4)5/h14-18H,6-13,21H2,1-5H3. The maximum Gasteiger partial charge on any atom is 0.228 e. The van der Waals surface area contributed by atoms with Crippen molar-refractivity contribution in [1.82, 2.24) is 4.90 Å². The Kier molecular flexibility index (Phi) is 6.72. The number of amides is 1. The van der Waals surface area contributed by atoms with Gasteiger partial charge in [-0.25, -0.2) is 0 Å². The lowest BCUT2D eigenvalue weighted by molar-refractivity contribution is -0.146.